The first-order chi connectivity index (χ1) is 9.09. The largest absolute Gasteiger partial charge is 0.366 e. The van der Waals surface area contributed by atoms with Crippen molar-refractivity contribution in [2.45, 2.75) is 20.8 Å². The van der Waals surface area contributed by atoms with Crippen LogP contribution in [-0.4, -0.2) is 16.1 Å². The Hall–Kier alpha value is -2.30. The van der Waals surface area contributed by atoms with Gasteiger partial charge < -0.3 is 5.73 Å². The van der Waals surface area contributed by atoms with Crippen LogP contribution in [0.1, 0.15) is 29.9 Å². The van der Waals surface area contributed by atoms with Gasteiger partial charge in [-0.15, -0.1) is 0 Å². The predicted molar refractivity (Wildman–Crippen MR) is 72.0 cm³/mol. The summed E-state index contributed by atoms with van der Waals surface area (Å²) < 4.78 is 13.3. The monoisotopic (exact) mass is 261 g/mol. The smallest absolute Gasteiger partial charge is 0.251 e. The topological polar surface area (TPSA) is 68.9 Å². The molecule has 0 fully saturated rings. The van der Waals surface area contributed by atoms with Gasteiger partial charge in [0.05, 0.1) is 17.5 Å². The first kappa shape index (κ1) is 14.8. The van der Waals surface area contributed by atoms with E-state index in [1.165, 1.54) is 18.3 Å². The Labute approximate surface area is 111 Å². The fourth-order valence-electron chi connectivity index (χ4n) is 1.59. The van der Waals surface area contributed by atoms with Crippen LogP contribution in [0.4, 0.5) is 4.39 Å². The number of aryl methyl sites for hydroxylation is 1. The zero-order valence-corrected chi connectivity index (χ0v) is 11.1. The molecule has 0 unspecified atom stereocenters. The Balaban J connectivity index is 0.000000861. The molecule has 2 aromatic rings. The second-order valence-corrected chi connectivity index (χ2v) is 3.59. The molecule has 0 bridgehead atoms. The SMILES string of the molecule is CC.Cc1nnccc1-c1ccc(F)c(C(N)=O)c1. The van der Waals surface area contributed by atoms with E-state index < -0.39 is 11.7 Å². The number of aromatic nitrogens is 2. The van der Waals surface area contributed by atoms with Crippen molar-refractivity contribution in [1.29, 1.82) is 0 Å². The lowest BCUT2D eigenvalue weighted by molar-refractivity contribution is 0.0996. The van der Waals surface area contributed by atoms with E-state index in [4.69, 9.17) is 5.73 Å². The molecule has 100 valence electrons. The van der Waals surface area contributed by atoms with Gasteiger partial charge in [0.15, 0.2) is 0 Å². The molecule has 1 heterocycles. The number of nitrogens with two attached hydrogens (primary N) is 1. The van der Waals surface area contributed by atoms with Crippen molar-refractivity contribution in [3.05, 3.63) is 47.5 Å². The highest BCUT2D eigenvalue weighted by Gasteiger charge is 2.11. The van der Waals surface area contributed by atoms with Gasteiger partial charge in [0.1, 0.15) is 5.82 Å². The van der Waals surface area contributed by atoms with Crippen LogP contribution in [0.2, 0.25) is 0 Å². The first-order valence-electron chi connectivity index (χ1n) is 5.97. The molecule has 19 heavy (non-hydrogen) atoms. The van der Waals surface area contributed by atoms with Gasteiger partial charge in [0.2, 0.25) is 0 Å². The van der Waals surface area contributed by atoms with Gasteiger partial charge in [-0.2, -0.15) is 10.2 Å². The number of carbonyl (C=O) groups excluding carboxylic acids is 1. The van der Waals surface area contributed by atoms with Gasteiger partial charge in [0.25, 0.3) is 5.91 Å². The van der Waals surface area contributed by atoms with Crippen molar-refractivity contribution in [3.63, 3.8) is 0 Å². The van der Waals surface area contributed by atoms with Crippen molar-refractivity contribution in [2.75, 3.05) is 0 Å². The Morgan fingerprint density at radius 2 is 1.95 bits per heavy atom. The first-order valence-corrected chi connectivity index (χ1v) is 5.97. The number of hydrogen-bond donors (Lipinski definition) is 1. The van der Waals surface area contributed by atoms with Crippen LogP contribution in [0, 0.1) is 12.7 Å². The van der Waals surface area contributed by atoms with Crippen molar-refractivity contribution >= 4 is 5.91 Å². The Morgan fingerprint density at radius 1 is 1.26 bits per heavy atom. The number of halogens is 1. The predicted octanol–water partition coefficient (Wildman–Crippen LogP) is 2.72. The third-order valence-electron chi connectivity index (χ3n) is 2.45. The van der Waals surface area contributed by atoms with Crippen LogP contribution in [0.5, 0.6) is 0 Å². The number of benzene rings is 1. The lowest BCUT2D eigenvalue weighted by Gasteiger charge is -2.06. The maximum absolute atomic E-state index is 13.3. The highest BCUT2D eigenvalue weighted by Crippen LogP contribution is 2.23. The van der Waals surface area contributed by atoms with Crippen LogP contribution >= 0.6 is 0 Å². The quantitative estimate of drug-likeness (QED) is 0.903. The number of hydrogen-bond acceptors (Lipinski definition) is 3. The van der Waals surface area contributed by atoms with Crippen molar-refractivity contribution in [3.8, 4) is 11.1 Å². The van der Waals surface area contributed by atoms with Crippen molar-refractivity contribution < 1.29 is 9.18 Å². The molecule has 0 saturated carbocycles. The van der Waals surface area contributed by atoms with Gasteiger partial charge >= 0.3 is 0 Å². The molecule has 0 aliphatic heterocycles. The molecule has 4 nitrogen and oxygen atoms in total. The number of rotatable bonds is 2. The van der Waals surface area contributed by atoms with E-state index in [2.05, 4.69) is 10.2 Å². The van der Waals surface area contributed by atoms with Crippen LogP contribution in [-0.2, 0) is 0 Å². The summed E-state index contributed by atoms with van der Waals surface area (Å²) in [5.74, 6) is -1.41. The second kappa shape index (κ2) is 6.58. The molecule has 0 saturated heterocycles. The molecular formula is C14H16FN3O. The molecule has 0 atom stereocenters. The van der Waals surface area contributed by atoms with E-state index in [0.29, 0.717) is 11.3 Å². The average molecular weight is 261 g/mol. The lowest BCUT2D eigenvalue weighted by atomic mass is 10.0. The van der Waals surface area contributed by atoms with Crippen molar-refractivity contribution in [1.82, 2.24) is 10.2 Å². The van der Waals surface area contributed by atoms with E-state index in [1.807, 2.05) is 13.8 Å². The summed E-state index contributed by atoms with van der Waals surface area (Å²) >= 11 is 0. The Morgan fingerprint density at radius 3 is 2.53 bits per heavy atom. The van der Waals surface area contributed by atoms with Crippen LogP contribution in [0.25, 0.3) is 11.1 Å². The van der Waals surface area contributed by atoms with Gasteiger partial charge in [-0.05, 0) is 30.7 Å². The summed E-state index contributed by atoms with van der Waals surface area (Å²) in [7, 11) is 0. The highest BCUT2D eigenvalue weighted by atomic mass is 19.1. The molecular weight excluding hydrogens is 245 g/mol. The summed E-state index contributed by atoms with van der Waals surface area (Å²) in [5, 5.41) is 7.62. The Bertz CT molecular complexity index is 585. The molecule has 0 radical (unpaired) electrons. The van der Waals surface area contributed by atoms with E-state index in [9.17, 15) is 9.18 Å². The molecule has 0 aliphatic rings. The molecule has 1 aromatic heterocycles. The average Bonchev–Trinajstić information content (AvgIpc) is 2.42. The van der Waals surface area contributed by atoms with E-state index in [0.717, 1.165) is 5.56 Å². The van der Waals surface area contributed by atoms with Gasteiger partial charge in [-0.25, -0.2) is 4.39 Å². The summed E-state index contributed by atoms with van der Waals surface area (Å²) in [6, 6.07) is 5.96. The fraction of sp³-hybridized carbons (Fsp3) is 0.214. The zero-order chi connectivity index (χ0) is 14.4. The van der Waals surface area contributed by atoms with Gasteiger partial charge in [0, 0.05) is 5.56 Å². The normalized spacial score (nSPS) is 9.47. The van der Waals surface area contributed by atoms with E-state index in [1.54, 1.807) is 19.1 Å². The molecule has 1 aromatic carbocycles. The maximum Gasteiger partial charge on any atom is 0.251 e. The summed E-state index contributed by atoms with van der Waals surface area (Å²) in [6.45, 7) is 5.79. The molecule has 2 rings (SSSR count). The van der Waals surface area contributed by atoms with Crippen LogP contribution in [0.3, 0.4) is 0 Å². The zero-order valence-electron chi connectivity index (χ0n) is 11.1. The minimum atomic E-state index is -0.788. The third-order valence-corrected chi connectivity index (χ3v) is 2.45. The number of carbonyl (C=O) groups is 1. The highest BCUT2D eigenvalue weighted by molar-refractivity contribution is 5.94. The number of amides is 1. The van der Waals surface area contributed by atoms with Crippen molar-refractivity contribution in [2.24, 2.45) is 5.73 Å². The number of nitrogens with zero attached hydrogens (tertiary/aromatic N) is 2. The Kier molecular flexibility index (Phi) is 5.11. The molecule has 5 heteroatoms. The van der Waals surface area contributed by atoms with E-state index >= 15 is 0 Å². The number of primary amides is 1. The lowest BCUT2D eigenvalue weighted by Crippen LogP contribution is -2.13. The van der Waals surface area contributed by atoms with Gasteiger partial charge in [-0.1, -0.05) is 19.9 Å². The van der Waals surface area contributed by atoms with Crippen LogP contribution in [0.15, 0.2) is 30.5 Å². The minimum Gasteiger partial charge on any atom is -0.366 e. The summed E-state index contributed by atoms with van der Waals surface area (Å²) in [4.78, 5) is 11.0. The molecule has 0 aliphatic carbocycles. The van der Waals surface area contributed by atoms with E-state index in [-0.39, 0.29) is 5.56 Å². The second-order valence-electron chi connectivity index (χ2n) is 3.59. The molecule has 1 amide bonds. The van der Waals surface area contributed by atoms with Crippen LogP contribution < -0.4 is 5.73 Å². The minimum absolute atomic E-state index is 0.126. The standard InChI is InChI=1S/C12H10FN3O.C2H6/c1-7-9(4-5-15-16-7)8-2-3-11(13)10(6-8)12(14)17;1-2/h2-6H,1H3,(H2,14,17);1-2H3. The van der Waals surface area contributed by atoms with Gasteiger partial charge in [-0.3, -0.25) is 4.79 Å². The summed E-state index contributed by atoms with van der Waals surface area (Å²) in [6.07, 6.45) is 1.54. The fourth-order valence-corrected chi connectivity index (χ4v) is 1.59. The summed E-state index contributed by atoms with van der Waals surface area (Å²) in [5.41, 5.74) is 7.15. The molecule has 2 N–H and O–H groups in total. The third kappa shape index (κ3) is 3.34. The maximum atomic E-state index is 13.3. The molecule has 0 spiro atoms.